The van der Waals surface area contributed by atoms with Gasteiger partial charge in [0.05, 0.1) is 0 Å². The van der Waals surface area contributed by atoms with Crippen molar-refractivity contribution in [1.29, 1.82) is 0 Å². The lowest BCUT2D eigenvalue weighted by atomic mass is 9.82. The first-order valence-corrected chi connectivity index (χ1v) is 7.11. The minimum atomic E-state index is 0.807. The first kappa shape index (κ1) is 21.5. The van der Waals surface area contributed by atoms with Crippen LogP contribution in [0.4, 0.5) is 0 Å². The smallest absolute Gasteiger partial charge is 0.0165 e. The third-order valence-corrected chi connectivity index (χ3v) is 2.75. The van der Waals surface area contributed by atoms with Crippen LogP contribution in [0, 0.1) is 5.92 Å². The van der Waals surface area contributed by atoms with Crippen LogP contribution in [-0.4, -0.2) is 0 Å². The molecule has 0 aromatic rings. The van der Waals surface area contributed by atoms with Gasteiger partial charge in [0.2, 0.25) is 0 Å². The molecule has 102 valence electrons. The summed E-state index contributed by atoms with van der Waals surface area (Å²) in [5.74, 6) is 0.807. The fraction of sp³-hybridized carbons (Fsp3) is 0.647. The Labute approximate surface area is 111 Å². The predicted molar refractivity (Wildman–Crippen MR) is 84.5 cm³/mol. The number of rotatable bonds is 2. The Hall–Kier alpha value is -0.780. The van der Waals surface area contributed by atoms with Gasteiger partial charge in [-0.05, 0) is 44.1 Å². The van der Waals surface area contributed by atoms with Crippen molar-refractivity contribution < 1.29 is 0 Å². The topological polar surface area (TPSA) is 0 Å². The molecule has 0 amide bonds. The Bertz CT molecular complexity index is 186. The van der Waals surface area contributed by atoms with Gasteiger partial charge >= 0.3 is 0 Å². The second kappa shape index (κ2) is 17.6. The summed E-state index contributed by atoms with van der Waals surface area (Å²) in [5, 5.41) is 0. The summed E-state index contributed by atoms with van der Waals surface area (Å²) in [6.07, 6.45) is 7.37. The Morgan fingerprint density at radius 3 is 1.94 bits per heavy atom. The van der Waals surface area contributed by atoms with Crippen LogP contribution in [0.5, 0.6) is 0 Å². The monoisotopic (exact) mass is 238 g/mol. The molecule has 1 aliphatic carbocycles. The molecule has 0 N–H and O–H groups in total. The van der Waals surface area contributed by atoms with Crippen molar-refractivity contribution in [1.82, 2.24) is 0 Å². The second-order valence-corrected chi connectivity index (χ2v) is 3.44. The van der Waals surface area contributed by atoms with Gasteiger partial charge < -0.3 is 0 Å². The minimum absolute atomic E-state index is 0.807. The standard InChI is InChI=1S/C11H18.2C2H6.C2H4/c1-4-10-8-6-7-9(3)11(10)5-2;3*1-2/h5,10H,2,4,6-8H2,1,3H3;2*1-2H3;1-2H2. The summed E-state index contributed by atoms with van der Waals surface area (Å²) < 4.78 is 0. The molecule has 0 spiro atoms. The summed E-state index contributed by atoms with van der Waals surface area (Å²) in [4.78, 5) is 0. The van der Waals surface area contributed by atoms with E-state index in [4.69, 9.17) is 0 Å². The van der Waals surface area contributed by atoms with Gasteiger partial charge in [0.25, 0.3) is 0 Å². The van der Waals surface area contributed by atoms with Crippen LogP contribution in [0.1, 0.15) is 67.2 Å². The number of allylic oxidation sites excluding steroid dienone is 3. The van der Waals surface area contributed by atoms with E-state index in [0.717, 1.165) is 5.92 Å². The summed E-state index contributed by atoms with van der Waals surface area (Å²) in [5.41, 5.74) is 3.09. The molecule has 0 heteroatoms. The van der Waals surface area contributed by atoms with Crippen LogP contribution in [0.25, 0.3) is 0 Å². The molecular weight excluding hydrogens is 204 g/mol. The number of hydrogen-bond donors (Lipinski definition) is 0. The predicted octanol–water partition coefficient (Wildman–Crippen LogP) is 6.55. The third kappa shape index (κ3) is 8.97. The van der Waals surface area contributed by atoms with Gasteiger partial charge in [-0.25, -0.2) is 0 Å². The van der Waals surface area contributed by atoms with Gasteiger partial charge in [0, 0.05) is 0 Å². The van der Waals surface area contributed by atoms with E-state index in [2.05, 4.69) is 39.7 Å². The zero-order valence-corrected chi connectivity index (χ0v) is 13.1. The van der Waals surface area contributed by atoms with Crippen LogP contribution < -0.4 is 0 Å². The fourth-order valence-electron chi connectivity index (χ4n) is 2.03. The van der Waals surface area contributed by atoms with Crippen LogP contribution in [0.2, 0.25) is 0 Å². The molecule has 17 heavy (non-hydrogen) atoms. The van der Waals surface area contributed by atoms with Crippen molar-refractivity contribution in [3.05, 3.63) is 37.0 Å². The Morgan fingerprint density at radius 2 is 1.65 bits per heavy atom. The second-order valence-electron chi connectivity index (χ2n) is 3.44. The maximum atomic E-state index is 3.88. The van der Waals surface area contributed by atoms with E-state index in [-0.39, 0.29) is 0 Å². The highest BCUT2D eigenvalue weighted by molar-refractivity contribution is 5.27. The lowest BCUT2D eigenvalue weighted by molar-refractivity contribution is 0.494. The quantitative estimate of drug-likeness (QED) is 0.478. The molecule has 0 fully saturated rings. The largest absolute Gasteiger partial charge is 0.106 e. The van der Waals surface area contributed by atoms with E-state index < -0.39 is 0 Å². The molecule has 0 saturated carbocycles. The molecule has 0 bridgehead atoms. The number of hydrogen-bond acceptors (Lipinski definition) is 0. The lowest BCUT2D eigenvalue weighted by Crippen LogP contribution is -2.08. The maximum absolute atomic E-state index is 3.88. The molecule has 0 aromatic carbocycles. The van der Waals surface area contributed by atoms with E-state index in [0.29, 0.717) is 0 Å². The average Bonchev–Trinajstić information content (AvgIpc) is 2.45. The molecule has 0 aromatic heterocycles. The van der Waals surface area contributed by atoms with Crippen molar-refractivity contribution in [2.24, 2.45) is 5.92 Å². The fourth-order valence-corrected chi connectivity index (χ4v) is 2.03. The molecule has 1 aliphatic rings. The highest BCUT2D eigenvalue weighted by Gasteiger charge is 2.16. The first-order chi connectivity index (χ1) is 8.29. The molecule has 0 nitrogen and oxygen atoms in total. The molecule has 0 saturated heterocycles. The van der Waals surface area contributed by atoms with Gasteiger partial charge in [0.1, 0.15) is 0 Å². The third-order valence-electron chi connectivity index (χ3n) is 2.75. The Kier molecular flexibility index (Phi) is 22.3. The van der Waals surface area contributed by atoms with Crippen molar-refractivity contribution in [3.8, 4) is 0 Å². The van der Waals surface area contributed by atoms with Crippen molar-refractivity contribution in [3.63, 3.8) is 0 Å². The summed E-state index contributed by atoms with van der Waals surface area (Å²) in [6.45, 7) is 22.4. The van der Waals surface area contributed by atoms with Gasteiger partial charge in [-0.3, -0.25) is 0 Å². The van der Waals surface area contributed by atoms with Crippen LogP contribution >= 0.6 is 0 Å². The van der Waals surface area contributed by atoms with E-state index in [9.17, 15) is 0 Å². The van der Waals surface area contributed by atoms with Crippen molar-refractivity contribution >= 4 is 0 Å². The molecule has 1 atom stereocenters. The molecule has 0 radical (unpaired) electrons. The molecular formula is C17H34. The Balaban J connectivity index is -0.000000285. The van der Waals surface area contributed by atoms with E-state index in [1.54, 1.807) is 5.57 Å². The van der Waals surface area contributed by atoms with E-state index >= 15 is 0 Å². The van der Waals surface area contributed by atoms with Gasteiger partial charge in [0.15, 0.2) is 0 Å². The molecule has 0 aliphatic heterocycles. The summed E-state index contributed by atoms with van der Waals surface area (Å²) >= 11 is 0. The van der Waals surface area contributed by atoms with Crippen molar-refractivity contribution in [2.75, 3.05) is 0 Å². The minimum Gasteiger partial charge on any atom is -0.106 e. The molecule has 0 heterocycles. The van der Waals surface area contributed by atoms with E-state index in [1.807, 2.05) is 27.7 Å². The Morgan fingerprint density at radius 1 is 1.18 bits per heavy atom. The van der Waals surface area contributed by atoms with Gasteiger partial charge in [-0.15, -0.1) is 13.2 Å². The highest BCUT2D eigenvalue weighted by atomic mass is 14.2. The maximum Gasteiger partial charge on any atom is -0.0165 e. The van der Waals surface area contributed by atoms with E-state index in [1.165, 1.54) is 31.3 Å². The zero-order chi connectivity index (χ0) is 14.3. The molecule has 1 rings (SSSR count). The summed E-state index contributed by atoms with van der Waals surface area (Å²) in [6, 6.07) is 0. The van der Waals surface area contributed by atoms with Crippen LogP contribution in [0.3, 0.4) is 0 Å². The highest BCUT2D eigenvalue weighted by Crippen LogP contribution is 2.32. The van der Waals surface area contributed by atoms with Gasteiger partial charge in [-0.1, -0.05) is 52.8 Å². The lowest BCUT2D eigenvalue weighted by Gasteiger charge is -2.24. The average molecular weight is 238 g/mol. The zero-order valence-electron chi connectivity index (χ0n) is 13.1. The van der Waals surface area contributed by atoms with Crippen LogP contribution in [0.15, 0.2) is 37.0 Å². The first-order valence-electron chi connectivity index (χ1n) is 7.11. The molecule has 1 unspecified atom stereocenters. The van der Waals surface area contributed by atoms with Crippen molar-refractivity contribution in [2.45, 2.75) is 67.2 Å². The normalized spacial score (nSPS) is 17.4. The summed E-state index contributed by atoms with van der Waals surface area (Å²) in [7, 11) is 0. The van der Waals surface area contributed by atoms with Crippen LogP contribution in [-0.2, 0) is 0 Å². The van der Waals surface area contributed by atoms with Gasteiger partial charge in [-0.2, -0.15) is 0 Å². The SMILES string of the molecule is C=C.C=CC1=C(C)CCCC1CC.CC.CC.